The van der Waals surface area contributed by atoms with Gasteiger partial charge in [0, 0.05) is 16.7 Å². The number of ketones is 2. The van der Waals surface area contributed by atoms with Gasteiger partial charge in [-0.05, 0) is 61.0 Å². The Balaban J connectivity index is 1.24. The van der Waals surface area contributed by atoms with E-state index in [0.717, 1.165) is 10.2 Å². The summed E-state index contributed by atoms with van der Waals surface area (Å²) in [6.07, 6.45) is -6.31. The van der Waals surface area contributed by atoms with Crippen LogP contribution in [0.1, 0.15) is 39.5 Å². The fourth-order valence-corrected chi connectivity index (χ4v) is 11.1. The Hall–Kier alpha value is -2.12. The molecule has 2 aromatic rings. The molecule has 0 radical (unpaired) electrons. The molecule has 1 N–H and O–H groups in total. The molecule has 43 heavy (non-hydrogen) atoms. The minimum atomic E-state index is -4.58. The van der Waals surface area contributed by atoms with Crippen LogP contribution in [0.25, 0.3) is 10.2 Å². The van der Waals surface area contributed by atoms with Crippen LogP contribution in [0.5, 0.6) is 0 Å². The summed E-state index contributed by atoms with van der Waals surface area (Å²) in [7, 11) is 0. The Morgan fingerprint density at radius 1 is 1.23 bits per heavy atom. The average Bonchev–Trinajstić information content (AvgIpc) is 3.57. The first-order valence-corrected chi connectivity index (χ1v) is 16.2. The van der Waals surface area contributed by atoms with Crippen LogP contribution in [0.2, 0.25) is 0 Å². The van der Waals surface area contributed by atoms with Crippen molar-refractivity contribution < 1.29 is 41.7 Å². The van der Waals surface area contributed by atoms with Crippen LogP contribution >= 0.6 is 23.1 Å². The molecule has 0 bridgehead atoms. The first kappa shape index (κ1) is 29.6. The highest BCUT2D eigenvalue weighted by Crippen LogP contribution is 2.70. The number of aliphatic hydroxyl groups is 1. The standard InChI is InChI=1S/C31H31F4NO5S2/c1-28-8-7-15(37)9-18(28)19(32)10-16-17-11-24-31(29(17,2)12-21(38)26(16)28,41-25(40-24)13-30(33,34)35)23(39)14-42-27-36-20-5-3-4-6-22(20)43-27/h3-9,16-17,19,21,24-26,38H,10-14H2,1-2H3/t16?,17?,19-,21?,24+,25?,26?,28?,29?,31+/m0/s1. The van der Waals surface area contributed by atoms with E-state index in [1.165, 1.54) is 35.3 Å². The quantitative estimate of drug-likeness (QED) is 0.308. The third-order valence-electron chi connectivity index (χ3n) is 10.7. The second-order valence-electron chi connectivity index (χ2n) is 12.9. The predicted octanol–water partition coefficient (Wildman–Crippen LogP) is 6.23. The number of rotatable bonds is 5. The molecule has 5 aliphatic rings. The van der Waals surface area contributed by atoms with Gasteiger partial charge < -0.3 is 14.6 Å². The lowest BCUT2D eigenvalue weighted by atomic mass is 9.46. The molecular formula is C31H31F4NO5S2. The molecule has 4 aliphatic carbocycles. The molecule has 2 heterocycles. The summed E-state index contributed by atoms with van der Waals surface area (Å²) in [5.41, 5.74) is -2.63. The topological polar surface area (TPSA) is 85.7 Å². The number of thiazole rings is 1. The molecular weight excluding hydrogens is 606 g/mol. The highest BCUT2D eigenvalue weighted by molar-refractivity contribution is 8.01. The van der Waals surface area contributed by atoms with Gasteiger partial charge in [0.1, 0.15) is 6.17 Å². The Morgan fingerprint density at radius 3 is 2.74 bits per heavy atom. The molecule has 10 atom stereocenters. The van der Waals surface area contributed by atoms with Crippen molar-refractivity contribution in [3.63, 3.8) is 0 Å². The summed E-state index contributed by atoms with van der Waals surface area (Å²) in [6, 6.07) is 7.55. The number of carbonyl (C=O) groups excluding carboxylic acids is 2. The van der Waals surface area contributed by atoms with Crippen molar-refractivity contribution >= 4 is 44.9 Å². The van der Waals surface area contributed by atoms with Gasteiger partial charge in [-0.3, -0.25) is 9.59 Å². The number of para-hydroxylation sites is 1. The fourth-order valence-electron chi connectivity index (χ4n) is 9.08. The number of fused-ring (bicyclic) bond motifs is 8. The number of nitrogens with zero attached hydrogens (tertiary/aromatic N) is 1. The van der Waals surface area contributed by atoms with Crippen LogP contribution in [0.15, 0.2) is 52.4 Å². The minimum absolute atomic E-state index is 0.0357. The van der Waals surface area contributed by atoms with Crippen molar-refractivity contribution in [2.45, 2.75) is 80.3 Å². The number of allylic oxidation sites excluding steroid dienone is 4. The lowest BCUT2D eigenvalue weighted by Crippen LogP contribution is -2.64. The highest BCUT2D eigenvalue weighted by atomic mass is 32.2. The van der Waals surface area contributed by atoms with E-state index in [4.69, 9.17) is 9.47 Å². The number of aromatic nitrogens is 1. The third kappa shape index (κ3) is 4.41. The van der Waals surface area contributed by atoms with E-state index in [9.17, 15) is 27.9 Å². The average molecular weight is 638 g/mol. The maximum atomic E-state index is 15.8. The summed E-state index contributed by atoms with van der Waals surface area (Å²) in [4.78, 5) is 31.0. The van der Waals surface area contributed by atoms with E-state index in [-0.39, 0.29) is 36.7 Å². The number of hydrogen-bond donors (Lipinski definition) is 1. The van der Waals surface area contributed by atoms with E-state index >= 15 is 4.39 Å². The third-order valence-corrected chi connectivity index (χ3v) is 12.9. The second kappa shape index (κ2) is 9.94. The van der Waals surface area contributed by atoms with Crippen molar-refractivity contribution in [1.29, 1.82) is 0 Å². The molecule has 4 fully saturated rings. The molecule has 1 aromatic heterocycles. The van der Waals surface area contributed by atoms with Gasteiger partial charge in [-0.15, -0.1) is 11.3 Å². The molecule has 12 heteroatoms. The Morgan fingerprint density at radius 2 is 2.00 bits per heavy atom. The number of alkyl halides is 4. The highest BCUT2D eigenvalue weighted by Gasteiger charge is 2.76. The maximum absolute atomic E-state index is 15.8. The van der Waals surface area contributed by atoms with E-state index in [0.29, 0.717) is 9.91 Å². The van der Waals surface area contributed by atoms with Gasteiger partial charge in [0.2, 0.25) is 0 Å². The Kier molecular flexibility index (Phi) is 6.84. The van der Waals surface area contributed by atoms with E-state index in [2.05, 4.69) is 4.98 Å². The van der Waals surface area contributed by atoms with Gasteiger partial charge in [0.05, 0.1) is 34.6 Å². The van der Waals surface area contributed by atoms with Gasteiger partial charge in [-0.1, -0.05) is 43.8 Å². The molecule has 1 aromatic carbocycles. The monoisotopic (exact) mass is 637 g/mol. The van der Waals surface area contributed by atoms with Crippen molar-refractivity contribution in [2.75, 3.05) is 5.75 Å². The minimum Gasteiger partial charge on any atom is -0.393 e. The zero-order valence-electron chi connectivity index (χ0n) is 23.5. The van der Waals surface area contributed by atoms with Crippen molar-refractivity contribution in [3.05, 3.63) is 48.1 Å². The summed E-state index contributed by atoms with van der Waals surface area (Å²) in [5.74, 6) is -2.04. The number of aliphatic hydroxyl groups excluding tert-OH is 1. The molecule has 6 nitrogen and oxygen atoms in total. The molecule has 3 saturated carbocycles. The first-order valence-electron chi connectivity index (χ1n) is 14.4. The van der Waals surface area contributed by atoms with Crippen LogP contribution < -0.4 is 0 Å². The number of thioether (sulfide) groups is 1. The van der Waals surface area contributed by atoms with Crippen LogP contribution in [0.3, 0.4) is 0 Å². The van der Waals surface area contributed by atoms with Crippen LogP contribution in [0.4, 0.5) is 17.6 Å². The molecule has 0 spiro atoms. The largest absolute Gasteiger partial charge is 0.393 e. The number of hydrogen-bond acceptors (Lipinski definition) is 8. The molecule has 0 amide bonds. The van der Waals surface area contributed by atoms with Gasteiger partial charge in [-0.25, -0.2) is 9.37 Å². The lowest BCUT2D eigenvalue weighted by molar-refractivity contribution is -0.227. The number of halogens is 4. The van der Waals surface area contributed by atoms with E-state index in [1.807, 2.05) is 31.2 Å². The van der Waals surface area contributed by atoms with E-state index in [1.54, 1.807) is 13.0 Å². The molecule has 1 saturated heterocycles. The van der Waals surface area contributed by atoms with E-state index < -0.39 is 71.3 Å². The smallest absolute Gasteiger partial charge is 0.393 e. The van der Waals surface area contributed by atoms with Crippen LogP contribution in [0, 0.1) is 28.6 Å². The molecule has 7 unspecified atom stereocenters. The molecule has 1 aliphatic heterocycles. The number of benzene rings is 1. The molecule has 7 rings (SSSR count). The van der Waals surface area contributed by atoms with Gasteiger partial charge in [-0.2, -0.15) is 13.2 Å². The van der Waals surface area contributed by atoms with Crippen LogP contribution in [-0.2, 0) is 19.1 Å². The van der Waals surface area contributed by atoms with Crippen molar-refractivity contribution in [3.8, 4) is 0 Å². The summed E-state index contributed by atoms with van der Waals surface area (Å²) in [6.45, 7) is 3.62. The van der Waals surface area contributed by atoms with Crippen molar-refractivity contribution in [1.82, 2.24) is 4.98 Å². The zero-order valence-corrected chi connectivity index (χ0v) is 25.1. The summed E-state index contributed by atoms with van der Waals surface area (Å²) < 4.78 is 69.9. The summed E-state index contributed by atoms with van der Waals surface area (Å²) in [5, 5.41) is 11.8. The normalized spacial score (nSPS) is 41.9. The lowest BCUT2D eigenvalue weighted by Gasteiger charge is -2.60. The predicted molar refractivity (Wildman–Crippen MR) is 152 cm³/mol. The summed E-state index contributed by atoms with van der Waals surface area (Å²) >= 11 is 2.63. The van der Waals surface area contributed by atoms with Crippen molar-refractivity contribution in [2.24, 2.45) is 28.6 Å². The maximum Gasteiger partial charge on any atom is 0.393 e. The van der Waals surface area contributed by atoms with Crippen LogP contribution in [-0.4, -0.2) is 63.9 Å². The molecule has 230 valence electrons. The van der Waals surface area contributed by atoms with Gasteiger partial charge in [0.25, 0.3) is 0 Å². The number of Topliss-reactive ketones (excluding diaryl/α,β-unsaturated/α-hetero) is 1. The Labute approximate surface area is 253 Å². The SMILES string of the molecule is CC12C=CC(=O)C=C1[C@@H](F)CC1C2C(O)CC2(C)C1C[C@H]1OC(CC(F)(F)F)O[C@]12C(=O)CSc1nc2ccccc2s1. The second-order valence-corrected chi connectivity index (χ2v) is 15.2. The van der Waals surface area contributed by atoms with Gasteiger partial charge in [0.15, 0.2) is 27.8 Å². The van der Waals surface area contributed by atoms with Gasteiger partial charge >= 0.3 is 6.18 Å². The zero-order chi connectivity index (χ0) is 30.5. The number of carbonyl (C=O) groups is 2. The Bertz CT molecular complexity index is 1520. The number of ether oxygens (including phenoxy) is 2. The first-order chi connectivity index (χ1) is 20.2. The fraction of sp³-hybridized carbons (Fsp3) is 0.581.